The van der Waals surface area contributed by atoms with Crippen molar-refractivity contribution in [3.63, 3.8) is 0 Å². The molecule has 6 nitrogen and oxygen atoms in total. The summed E-state index contributed by atoms with van der Waals surface area (Å²) in [5, 5.41) is 10.4. The van der Waals surface area contributed by atoms with Crippen LogP contribution in [0.2, 0.25) is 0 Å². The van der Waals surface area contributed by atoms with E-state index in [1.165, 1.54) is 6.39 Å². The largest absolute Gasteiger partial charge is 0.423 e. The van der Waals surface area contributed by atoms with Crippen LogP contribution in [0.4, 0.5) is 5.69 Å². The molecule has 3 aromatic rings. The summed E-state index contributed by atoms with van der Waals surface area (Å²) in [5.74, 6) is 0.194. The maximum atomic E-state index is 12.2. The van der Waals surface area contributed by atoms with E-state index in [1.54, 1.807) is 18.3 Å². The van der Waals surface area contributed by atoms with Crippen LogP contribution in [0.5, 0.6) is 0 Å². The monoisotopic (exact) mass is 346 g/mol. The summed E-state index contributed by atoms with van der Waals surface area (Å²) >= 11 is 3.30. The van der Waals surface area contributed by atoms with Gasteiger partial charge >= 0.3 is 0 Å². The van der Waals surface area contributed by atoms with E-state index in [2.05, 4.69) is 36.4 Å². The third kappa shape index (κ3) is 2.87. The lowest BCUT2D eigenvalue weighted by Crippen LogP contribution is -2.13. The number of hydrogen-bond acceptors (Lipinski definition) is 4. The number of carbonyl (C=O) groups excluding carboxylic acids is 1. The molecule has 0 spiro atoms. The van der Waals surface area contributed by atoms with E-state index in [9.17, 15) is 4.79 Å². The molecule has 2 heterocycles. The zero-order chi connectivity index (χ0) is 14.8. The molecule has 0 saturated carbocycles. The van der Waals surface area contributed by atoms with Gasteiger partial charge in [-0.3, -0.25) is 4.79 Å². The average molecular weight is 347 g/mol. The van der Waals surface area contributed by atoms with Gasteiger partial charge in [-0.05, 0) is 46.6 Å². The van der Waals surface area contributed by atoms with Crippen LogP contribution in [0.15, 0.2) is 45.7 Å². The van der Waals surface area contributed by atoms with Gasteiger partial charge in [0.05, 0.1) is 0 Å². The lowest BCUT2D eigenvalue weighted by Gasteiger charge is -2.08. The molecule has 0 aliphatic carbocycles. The van der Waals surface area contributed by atoms with Gasteiger partial charge in [-0.2, -0.15) is 0 Å². The zero-order valence-corrected chi connectivity index (χ0v) is 12.6. The zero-order valence-electron chi connectivity index (χ0n) is 11.1. The van der Waals surface area contributed by atoms with Gasteiger partial charge in [0.1, 0.15) is 5.69 Å². The molecule has 0 aliphatic heterocycles. The Kier molecular flexibility index (Phi) is 3.57. The first-order valence-electron chi connectivity index (χ1n) is 6.16. The topological polar surface area (TPSA) is 83.8 Å². The number of H-pyrrole nitrogens is 1. The molecule has 1 aromatic carbocycles. The van der Waals surface area contributed by atoms with Crippen LogP contribution in [0.1, 0.15) is 16.1 Å². The van der Waals surface area contributed by atoms with Crippen LogP contribution < -0.4 is 5.32 Å². The molecular weight excluding hydrogens is 336 g/mol. The fourth-order valence-electron chi connectivity index (χ4n) is 1.88. The molecule has 106 valence electrons. The van der Waals surface area contributed by atoms with Crippen molar-refractivity contribution in [2.75, 3.05) is 5.32 Å². The lowest BCUT2D eigenvalue weighted by molar-refractivity contribution is 0.102. The predicted octanol–water partition coefficient (Wildman–Crippen LogP) is 3.39. The molecule has 3 rings (SSSR count). The Labute approximate surface area is 128 Å². The molecular formula is C14H11BrN4O2. The second kappa shape index (κ2) is 5.53. The standard InChI is InChI=1S/C14H11BrN4O2/c1-8-2-3-9(14-19-17-7-21-14)4-11(8)18-13(20)12-5-10(15)6-16-12/h2-7,16H,1H3,(H,18,20). The second-order valence-electron chi connectivity index (χ2n) is 4.46. The molecule has 21 heavy (non-hydrogen) atoms. The minimum atomic E-state index is -0.216. The molecule has 0 atom stereocenters. The average Bonchev–Trinajstić information content (AvgIpc) is 3.12. The van der Waals surface area contributed by atoms with Crippen LogP contribution in [0.25, 0.3) is 11.5 Å². The Morgan fingerprint density at radius 3 is 2.90 bits per heavy atom. The quantitative estimate of drug-likeness (QED) is 0.761. The Morgan fingerprint density at radius 1 is 1.38 bits per heavy atom. The Hall–Kier alpha value is -2.41. The SMILES string of the molecule is Cc1ccc(-c2nnco2)cc1NC(=O)c1cc(Br)c[nH]1. The number of aromatic nitrogens is 3. The molecule has 2 aromatic heterocycles. The van der Waals surface area contributed by atoms with Gasteiger partial charge in [0.15, 0.2) is 0 Å². The first-order valence-corrected chi connectivity index (χ1v) is 6.95. The molecule has 0 unspecified atom stereocenters. The van der Waals surface area contributed by atoms with E-state index < -0.39 is 0 Å². The highest BCUT2D eigenvalue weighted by atomic mass is 79.9. The van der Waals surface area contributed by atoms with Crippen LogP contribution in [0.3, 0.4) is 0 Å². The van der Waals surface area contributed by atoms with Crippen molar-refractivity contribution >= 4 is 27.5 Å². The molecule has 2 N–H and O–H groups in total. The van der Waals surface area contributed by atoms with Gasteiger partial charge in [-0.25, -0.2) is 0 Å². The summed E-state index contributed by atoms with van der Waals surface area (Å²) in [5.41, 5.74) is 2.86. The van der Waals surface area contributed by atoms with Crippen LogP contribution in [0, 0.1) is 6.92 Å². The van der Waals surface area contributed by atoms with Crippen LogP contribution in [-0.2, 0) is 0 Å². The van der Waals surface area contributed by atoms with Crippen molar-refractivity contribution in [1.29, 1.82) is 0 Å². The van der Waals surface area contributed by atoms with Crippen LogP contribution >= 0.6 is 15.9 Å². The summed E-state index contributed by atoms with van der Waals surface area (Å²) in [6.07, 6.45) is 2.97. The number of hydrogen-bond donors (Lipinski definition) is 2. The molecule has 0 bridgehead atoms. The van der Waals surface area contributed by atoms with Crippen molar-refractivity contribution in [3.05, 3.63) is 52.6 Å². The number of carbonyl (C=O) groups is 1. The molecule has 0 fully saturated rings. The molecule has 0 radical (unpaired) electrons. The molecule has 0 saturated heterocycles. The number of amides is 1. The number of nitrogens with zero attached hydrogens (tertiary/aromatic N) is 2. The number of aromatic amines is 1. The van der Waals surface area contributed by atoms with E-state index in [0.717, 1.165) is 15.6 Å². The van der Waals surface area contributed by atoms with Gasteiger partial charge < -0.3 is 14.7 Å². The number of anilines is 1. The molecule has 7 heteroatoms. The number of rotatable bonds is 3. The van der Waals surface area contributed by atoms with Crippen molar-refractivity contribution in [3.8, 4) is 11.5 Å². The first kappa shape index (κ1) is 13.6. The maximum Gasteiger partial charge on any atom is 0.272 e. The van der Waals surface area contributed by atoms with Crippen molar-refractivity contribution in [2.24, 2.45) is 0 Å². The molecule has 1 amide bonds. The number of benzene rings is 1. The Balaban J connectivity index is 1.88. The van der Waals surface area contributed by atoms with E-state index in [4.69, 9.17) is 4.42 Å². The van der Waals surface area contributed by atoms with Gasteiger partial charge in [-0.15, -0.1) is 10.2 Å². The van der Waals surface area contributed by atoms with E-state index in [1.807, 2.05) is 19.1 Å². The van der Waals surface area contributed by atoms with Crippen molar-refractivity contribution < 1.29 is 9.21 Å². The highest BCUT2D eigenvalue weighted by Crippen LogP contribution is 2.24. The minimum Gasteiger partial charge on any atom is -0.423 e. The smallest absolute Gasteiger partial charge is 0.272 e. The van der Waals surface area contributed by atoms with E-state index in [-0.39, 0.29) is 5.91 Å². The highest BCUT2D eigenvalue weighted by Gasteiger charge is 2.12. The number of nitrogens with one attached hydrogen (secondary N) is 2. The van der Waals surface area contributed by atoms with E-state index >= 15 is 0 Å². The number of aryl methyl sites for hydroxylation is 1. The summed E-state index contributed by atoms with van der Waals surface area (Å²) in [6, 6.07) is 7.27. The second-order valence-corrected chi connectivity index (χ2v) is 5.37. The van der Waals surface area contributed by atoms with Gasteiger partial charge in [0.25, 0.3) is 5.91 Å². The summed E-state index contributed by atoms with van der Waals surface area (Å²) < 4.78 is 5.98. The van der Waals surface area contributed by atoms with Crippen molar-refractivity contribution in [1.82, 2.24) is 15.2 Å². The Bertz CT molecular complexity index is 780. The summed E-state index contributed by atoms with van der Waals surface area (Å²) in [7, 11) is 0. The van der Waals surface area contributed by atoms with Crippen LogP contribution in [-0.4, -0.2) is 21.1 Å². The number of halogens is 1. The van der Waals surface area contributed by atoms with Gasteiger partial charge in [0, 0.05) is 21.9 Å². The van der Waals surface area contributed by atoms with Crippen molar-refractivity contribution in [2.45, 2.75) is 6.92 Å². The first-order chi connectivity index (χ1) is 10.1. The normalized spacial score (nSPS) is 10.6. The fourth-order valence-corrected chi connectivity index (χ4v) is 2.22. The fraction of sp³-hybridized carbons (Fsp3) is 0.0714. The van der Waals surface area contributed by atoms with E-state index in [0.29, 0.717) is 17.3 Å². The van der Waals surface area contributed by atoms with Gasteiger partial charge in [-0.1, -0.05) is 6.07 Å². The lowest BCUT2D eigenvalue weighted by atomic mass is 10.1. The summed E-state index contributed by atoms with van der Waals surface area (Å²) in [4.78, 5) is 15.1. The summed E-state index contributed by atoms with van der Waals surface area (Å²) in [6.45, 7) is 1.91. The third-order valence-electron chi connectivity index (χ3n) is 2.99. The van der Waals surface area contributed by atoms with Gasteiger partial charge in [0.2, 0.25) is 12.3 Å². The third-order valence-corrected chi connectivity index (χ3v) is 3.44. The maximum absolute atomic E-state index is 12.2. The minimum absolute atomic E-state index is 0.216. The molecule has 0 aliphatic rings. The highest BCUT2D eigenvalue weighted by molar-refractivity contribution is 9.10. The predicted molar refractivity (Wildman–Crippen MR) is 80.9 cm³/mol. The Morgan fingerprint density at radius 2 is 2.24 bits per heavy atom.